The summed E-state index contributed by atoms with van der Waals surface area (Å²) in [5.74, 6) is -1.25. The van der Waals surface area contributed by atoms with Gasteiger partial charge in [0, 0.05) is 11.1 Å². The van der Waals surface area contributed by atoms with Crippen molar-refractivity contribution in [1.29, 1.82) is 0 Å². The van der Waals surface area contributed by atoms with Crippen LogP contribution >= 0.6 is 0 Å². The molecular formula is C30H36O4. The molecule has 0 saturated carbocycles. The molecule has 0 amide bonds. The first-order valence-electron chi connectivity index (χ1n) is 11.6. The van der Waals surface area contributed by atoms with Gasteiger partial charge in [0.1, 0.15) is 0 Å². The fourth-order valence-corrected chi connectivity index (χ4v) is 4.08. The Kier molecular flexibility index (Phi) is 6.19. The first kappa shape index (κ1) is 25.5. The van der Waals surface area contributed by atoms with Crippen molar-refractivity contribution >= 4 is 17.1 Å². The van der Waals surface area contributed by atoms with Crippen molar-refractivity contribution in [1.82, 2.24) is 0 Å². The lowest BCUT2D eigenvalue weighted by Gasteiger charge is -2.26. The number of ketones is 2. The molecule has 0 bridgehead atoms. The second kappa shape index (κ2) is 8.26. The quantitative estimate of drug-likeness (QED) is 0.291. The highest BCUT2D eigenvalue weighted by Gasteiger charge is 2.31. The molecule has 1 aliphatic rings. The normalized spacial score (nSPS) is 15.3. The Balaban J connectivity index is 2.29. The van der Waals surface area contributed by atoms with E-state index in [1.54, 1.807) is 6.07 Å². The number of Topliss-reactive ketones (excluding diaryl/α,β-unsaturated/α-hetero) is 1. The Bertz CT molecular complexity index is 1240. The highest BCUT2D eigenvalue weighted by atomic mass is 16.3. The zero-order chi connectivity index (χ0) is 25.8. The smallest absolute Gasteiger partial charge is 0.229 e. The Morgan fingerprint density at radius 3 is 1.71 bits per heavy atom. The van der Waals surface area contributed by atoms with Gasteiger partial charge < -0.3 is 10.2 Å². The van der Waals surface area contributed by atoms with Gasteiger partial charge in [-0.2, -0.15) is 0 Å². The number of carbonyl (C=O) groups excluding carboxylic acids is 2. The molecule has 0 heterocycles. The third-order valence-electron chi connectivity index (χ3n) is 6.23. The minimum Gasteiger partial charge on any atom is -0.504 e. The molecule has 2 aromatic rings. The van der Waals surface area contributed by atoms with E-state index in [1.165, 1.54) is 6.08 Å². The molecule has 4 heteroatoms. The lowest BCUT2D eigenvalue weighted by molar-refractivity contribution is -0.132. The molecule has 1 aliphatic carbocycles. The molecule has 0 radical (unpaired) electrons. The van der Waals surface area contributed by atoms with E-state index in [0.717, 1.165) is 22.3 Å². The molecule has 0 spiro atoms. The van der Waals surface area contributed by atoms with Crippen molar-refractivity contribution in [3.63, 3.8) is 0 Å². The molecule has 34 heavy (non-hydrogen) atoms. The number of benzene rings is 2. The maximum Gasteiger partial charge on any atom is 0.229 e. The summed E-state index contributed by atoms with van der Waals surface area (Å²) in [5, 5.41) is 21.0. The van der Waals surface area contributed by atoms with Crippen LogP contribution in [0.2, 0.25) is 0 Å². The van der Waals surface area contributed by atoms with Gasteiger partial charge in [-0.25, -0.2) is 0 Å². The van der Waals surface area contributed by atoms with Gasteiger partial charge in [-0.05, 0) is 74.4 Å². The molecule has 0 atom stereocenters. The first-order valence-corrected chi connectivity index (χ1v) is 11.6. The molecule has 180 valence electrons. The second-order valence-corrected chi connectivity index (χ2v) is 12.3. The Morgan fingerprint density at radius 2 is 1.18 bits per heavy atom. The van der Waals surface area contributed by atoms with Crippen LogP contribution in [0.3, 0.4) is 0 Å². The summed E-state index contributed by atoms with van der Waals surface area (Å²) in [7, 11) is 0. The largest absolute Gasteiger partial charge is 0.504 e. The number of hydrogen-bond acceptors (Lipinski definition) is 4. The number of allylic oxidation sites excluding steroid dienone is 4. The fraction of sp³-hybridized carbons (Fsp3) is 0.400. The van der Waals surface area contributed by atoms with E-state index >= 15 is 0 Å². The molecule has 3 rings (SSSR count). The van der Waals surface area contributed by atoms with E-state index in [9.17, 15) is 19.8 Å². The van der Waals surface area contributed by atoms with E-state index in [2.05, 4.69) is 32.9 Å². The van der Waals surface area contributed by atoms with Crippen LogP contribution in [0.15, 0.2) is 48.1 Å². The van der Waals surface area contributed by atoms with E-state index in [-0.39, 0.29) is 22.3 Å². The number of phenolic OH excluding ortho intramolecular Hbond substituents is 2. The molecule has 0 saturated heterocycles. The summed E-state index contributed by atoms with van der Waals surface area (Å²) in [6.07, 6.45) is 3.24. The van der Waals surface area contributed by atoms with Crippen LogP contribution in [-0.2, 0) is 20.4 Å². The van der Waals surface area contributed by atoms with E-state index in [0.29, 0.717) is 16.7 Å². The molecule has 2 N–H and O–H groups in total. The van der Waals surface area contributed by atoms with Crippen molar-refractivity contribution in [2.45, 2.75) is 73.1 Å². The average Bonchev–Trinajstić information content (AvgIpc) is 2.69. The van der Waals surface area contributed by atoms with Crippen molar-refractivity contribution in [3.8, 4) is 22.6 Å². The number of aromatic hydroxyl groups is 2. The average molecular weight is 461 g/mol. The summed E-state index contributed by atoms with van der Waals surface area (Å²) in [5.41, 5.74) is 4.35. The van der Waals surface area contributed by atoms with Gasteiger partial charge in [-0.3, -0.25) is 9.59 Å². The van der Waals surface area contributed by atoms with Crippen LogP contribution in [0, 0.1) is 5.41 Å². The van der Waals surface area contributed by atoms with Crippen LogP contribution in [-0.4, -0.2) is 21.8 Å². The standard InChI is InChI=1S/C30H36O4/c1-28(2,3)21-11-17(19-13-22(29(4,5)6)26(33)24(31)15-19)10-18(12-21)20-14-23(30(7,8)9)27(34)25(32)16-20/h10-16,31,33H,1-9H3. The van der Waals surface area contributed by atoms with Crippen molar-refractivity contribution in [2.24, 2.45) is 5.41 Å². The number of phenols is 2. The molecular weight excluding hydrogens is 424 g/mol. The third kappa shape index (κ3) is 5.01. The molecule has 0 unspecified atom stereocenters. The summed E-state index contributed by atoms with van der Waals surface area (Å²) in [4.78, 5) is 25.1. The summed E-state index contributed by atoms with van der Waals surface area (Å²) >= 11 is 0. The summed E-state index contributed by atoms with van der Waals surface area (Å²) in [6, 6.07) is 9.57. The summed E-state index contributed by atoms with van der Waals surface area (Å²) in [6.45, 7) is 18.1. The predicted octanol–water partition coefficient (Wildman–Crippen LogP) is 6.87. The van der Waals surface area contributed by atoms with Crippen LogP contribution in [0.1, 0.15) is 79.0 Å². The van der Waals surface area contributed by atoms with Crippen LogP contribution in [0.4, 0.5) is 0 Å². The monoisotopic (exact) mass is 460 g/mol. The van der Waals surface area contributed by atoms with Crippen molar-refractivity contribution in [2.75, 3.05) is 0 Å². The third-order valence-corrected chi connectivity index (χ3v) is 6.23. The number of carbonyl (C=O) groups is 2. The molecule has 2 aromatic carbocycles. The van der Waals surface area contributed by atoms with Gasteiger partial charge in [-0.1, -0.05) is 74.4 Å². The highest BCUT2D eigenvalue weighted by Crippen LogP contribution is 2.42. The predicted molar refractivity (Wildman–Crippen MR) is 138 cm³/mol. The van der Waals surface area contributed by atoms with Crippen molar-refractivity contribution in [3.05, 3.63) is 64.7 Å². The number of hydrogen-bond donors (Lipinski definition) is 2. The van der Waals surface area contributed by atoms with Crippen LogP contribution < -0.4 is 0 Å². The SMILES string of the molecule is CC(C)(C)C1=CC(c2cc(-c3cc(O)c(O)c(C(C)(C)C)c3)cc(C(C)(C)C)c2)=CC(=O)C1=O. The molecule has 4 nitrogen and oxygen atoms in total. The van der Waals surface area contributed by atoms with Crippen LogP contribution in [0.25, 0.3) is 16.7 Å². The Morgan fingerprint density at radius 1 is 0.618 bits per heavy atom. The van der Waals surface area contributed by atoms with Crippen molar-refractivity contribution < 1.29 is 19.8 Å². The Hall–Kier alpha value is -3.14. The maximum absolute atomic E-state index is 12.6. The van der Waals surface area contributed by atoms with E-state index in [1.807, 2.05) is 59.8 Å². The molecule has 0 aromatic heterocycles. The minimum atomic E-state index is -0.512. The van der Waals surface area contributed by atoms with Gasteiger partial charge in [0.25, 0.3) is 0 Å². The molecule has 0 fully saturated rings. The van der Waals surface area contributed by atoms with E-state index < -0.39 is 17.0 Å². The topological polar surface area (TPSA) is 74.6 Å². The van der Waals surface area contributed by atoms with Gasteiger partial charge in [0.05, 0.1) is 0 Å². The van der Waals surface area contributed by atoms with Gasteiger partial charge in [0.15, 0.2) is 11.5 Å². The second-order valence-electron chi connectivity index (χ2n) is 12.3. The van der Waals surface area contributed by atoms with Gasteiger partial charge in [-0.15, -0.1) is 0 Å². The lowest BCUT2D eigenvalue weighted by atomic mass is 9.77. The van der Waals surface area contributed by atoms with Crippen LogP contribution in [0.5, 0.6) is 11.5 Å². The zero-order valence-electron chi connectivity index (χ0n) is 21.8. The lowest BCUT2D eigenvalue weighted by Crippen LogP contribution is -2.26. The molecule has 0 aliphatic heterocycles. The fourth-order valence-electron chi connectivity index (χ4n) is 4.08. The first-order chi connectivity index (χ1) is 15.4. The van der Waals surface area contributed by atoms with Gasteiger partial charge >= 0.3 is 0 Å². The van der Waals surface area contributed by atoms with E-state index in [4.69, 9.17) is 0 Å². The maximum atomic E-state index is 12.6. The number of rotatable bonds is 2. The Labute approximate surface area is 203 Å². The minimum absolute atomic E-state index is 0.111. The summed E-state index contributed by atoms with van der Waals surface area (Å²) < 4.78 is 0. The zero-order valence-corrected chi connectivity index (χ0v) is 21.8. The highest BCUT2D eigenvalue weighted by molar-refractivity contribution is 6.50. The van der Waals surface area contributed by atoms with Gasteiger partial charge in [0.2, 0.25) is 11.6 Å².